The average Bonchev–Trinajstić information content (AvgIpc) is 2.26. The quantitative estimate of drug-likeness (QED) is 0.552. The van der Waals surface area contributed by atoms with Gasteiger partial charge >= 0.3 is 0 Å². The van der Waals surface area contributed by atoms with Crippen LogP contribution in [-0.4, -0.2) is 30.7 Å². The summed E-state index contributed by atoms with van der Waals surface area (Å²) in [5.41, 5.74) is 2.26. The van der Waals surface area contributed by atoms with E-state index < -0.39 is 0 Å². The van der Waals surface area contributed by atoms with Gasteiger partial charge in [0, 0.05) is 19.3 Å². The van der Waals surface area contributed by atoms with Crippen LogP contribution >= 0.6 is 0 Å². The van der Waals surface area contributed by atoms with Crippen LogP contribution in [0.3, 0.4) is 0 Å². The fourth-order valence-electron chi connectivity index (χ4n) is 1.14. The van der Waals surface area contributed by atoms with Crippen LogP contribution in [0.15, 0.2) is 29.4 Å². The molecule has 2 heteroatoms. The Bertz CT molecular complexity index is 214. The molecule has 0 aromatic heterocycles. The van der Waals surface area contributed by atoms with E-state index in [0.717, 1.165) is 24.4 Å². The predicted molar refractivity (Wildman–Crippen MR) is 48.9 cm³/mol. The largest absolute Gasteiger partial charge is 0.296 e. The predicted octanol–water partition coefficient (Wildman–Crippen LogP) is 1.46. The summed E-state index contributed by atoms with van der Waals surface area (Å²) in [4.78, 5) is 6.47. The standard InChI is InChI=1S/C9H14N2/c1-4-5-10-9-7-11(3)6-8(9)2/h4-5H,2,6-7H2,1,3H3/b5-4-,10-9?. The number of hydrogen-bond donors (Lipinski definition) is 0. The van der Waals surface area contributed by atoms with Crippen LogP contribution in [0.2, 0.25) is 0 Å². The fourth-order valence-corrected chi connectivity index (χ4v) is 1.14. The molecule has 0 aromatic carbocycles. The zero-order chi connectivity index (χ0) is 8.27. The maximum absolute atomic E-state index is 4.27. The highest BCUT2D eigenvalue weighted by atomic mass is 15.1. The van der Waals surface area contributed by atoms with Crippen LogP contribution < -0.4 is 0 Å². The first-order valence-electron chi connectivity index (χ1n) is 3.78. The number of likely N-dealkylation sites (tertiary alicyclic amines) is 1. The first-order chi connectivity index (χ1) is 5.24. The second-order valence-corrected chi connectivity index (χ2v) is 2.83. The van der Waals surface area contributed by atoms with Crippen LogP contribution in [0.4, 0.5) is 0 Å². The van der Waals surface area contributed by atoms with Gasteiger partial charge in [0.2, 0.25) is 0 Å². The van der Waals surface area contributed by atoms with E-state index in [4.69, 9.17) is 0 Å². The highest BCUT2D eigenvalue weighted by Crippen LogP contribution is 2.08. The molecule has 0 aromatic rings. The smallest absolute Gasteiger partial charge is 0.0582 e. The van der Waals surface area contributed by atoms with E-state index in [-0.39, 0.29) is 0 Å². The van der Waals surface area contributed by atoms with E-state index >= 15 is 0 Å². The molecule has 0 unspecified atom stereocenters. The first-order valence-corrected chi connectivity index (χ1v) is 3.78. The van der Waals surface area contributed by atoms with Crippen molar-refractivity contribution in [1.29, 1.82) is 0 Å². The Morgan fingerprint density at radius 3 is 2.73 bits per heavy atom. The van der Waals surface area contributed by atoms with Gasteiger partial charge in [-0.1, -0.05) is 12.7 Å². The Kier molecular flexibility index (Phi) is 2.60. The molecule has 0 radical (unpaired) electrons. The molecule has 0 bridgehead atoms. The van der Waals surface area contributed by atoms with Gasteiger partial charge in [-0.25, -0.2) is 0 Å². The summed E-state index contributed by atoms with van der Waals surface area (Å²) in [5, 5.41) is 0. The molecule has 0 aliphatic carbocycles. The molecule has 1 rings (SSSR count). The van der Waals surface area contributed by atoms with Crippen LogP contribution in [0.5, 0.6) is 0 Å². The van der Waals surface area contributed by atoms with E-state index in [1.54, 1.807) is 0 Å². The van der Waals surface area contributed by atoms with E-state index in [2.05, 4.69) is 23.5 Å². The van der Waals surface area contributed by atoms with Crippen molar-refractivity contribution in [3.05, 3.63) is 24.4 Å². The lowest BCUT2D eigenvalue weighted by molar-refractivity contribution is 0.445. The van der Waals surface area contributed by atoms with Crippen molar-refractivity contribution in [3.63, 3.8) is 0 Å². The summed E-state index contributed by atoms with van der Waals surface area (Å²) < 4.78 is 0. The molecule has 2 nitrogen and oxygen atoms in total. The number of rotatable bonds is 1. The van der Waals surface area contributed by atoms with Gasteiger partial charge in [-0.3, -0.25) is 9.89 Å². The lowest BCUT2D eigenvalue weighted by Crippen LogP contribution is -2.13. The molecule has 0 amide bonds. The number of allylic oxidation sites excluding steroid dienone is 1. The van der Waals surface area contributed by atoms with Crippen molar-refractivity contribution in [3.8, 4) is 0 Å². The molecule has 0 N–H and O–H groups in total. The molecular formula is C9H14N2. The van der Waals surface area contributed by atoms with Gasteiger partial charge in [-0.05, 0) is 19.5 Å². The second kappa shape index (κ2) is 3.49. The Hall–Kier alpha value is -0.890. The van der Waals surface area contributed by atoms with E-state index in [1.807, 2.05) is 19.2 Å². The van der Waals surface area contributed by atoms with Gasteiger partial charge in [0.15, 0.2) is 0 Å². The van der Waals surface area contributed by atoms with Crippen molar-refractivity contribution in [2.45, 2.75) is 6.92 Å². The second-order valence-electron chi connectivity index (χ2n) is 2.83. The molecule has 1 heterocycles. The highest BCUT2D eigenvalue weighted by Gasteiger charge is 2.16. The number of aliphatic imine (C=N–C) groups is 1. The van der Waals surface area contributed by atoms with Gasteiger partial charge in [-0.15, -0.1) is 0 Å². The van der Waals surface area contributed by atoms with E-state index in [0.29, 0.717) is 0 Å². The highest BCUT2D eigenvalue weighted by molar-refractivity contribution is 6.03. The minimum Gasteiger partial charge on any atom is -0.296 e. The van der Waals surface area contributed by atoms with Gasteiger partial charge in [0.25, 0.3) is 0 Å². The van der Waals surface area contributed by atoms with Crippen LogP contribution in [0.25, 0.3) is 0 Å². The minimum atomic E-state index is 0.934. The Labute approximate surface area is 67.9 Å². The third-order valence-corrected chi connectivity index (χ3v) is 1.67. The molecular weight excluding hydrogens is 136 g/mol. The van der Waals surface area contributed by atoms with E-state index in [1.165, 1.54) is 0 Å². The van der Waals surface area contributed by atoms with Gasteiger partial charge in [0.05, 0.1) is 5.71 Å². The van der Waals surface area contributed by atoms with Crippen LogP contribution in [0, 0.1) is 0 Å². The molecule has 0 spiro atoms. The van der Waals surface area contributed by atoms with Crippen molar-refractivity contribution in [2.75, 3.05) is 20.1 Å². The van der Waals surface area contributed by atoms with Crippen molar-refractivity contribution < 1.29 is 0 Å². The molecule has 11 heavy (non-hydrogen) atoms. The zero-order valence-corrected chi connectivity index (χ0v) is 7.17. The summed E-state index contributed by atoms with van der Waals surface area (Å²) >= 11 is 0. The third-order valence-electron chi connectivity index (χ3n) is 1.67. The molecule has 0 atom stereocenters. The normalized spacial score (nSPS) is 24.2. The lowest BCUT2D eigenvalue weighted by atomic mass is 10.2. The summed E-state index contributed by atoms with van der Waals surface area (Å²) in [7, 11) is 2.07. The minimum absolute atomic E-state index is 0.934. The number of nitrogens with zero attached hydrogens (tertiary/aromatic N) is 2. The van der Waals surface area contributed by atoms with Crippen molar-refractivity contribution >= 4 is 5.71 Å². The number of hydrogen-bond acceptors (Lipinski definition) is 2. The van der Waals surface area contributed by atoms with Crippen molar-refractivity contribution in [1.82, 2.24) is 4.90 Å². The van der Waals surface area contributed by atoms with Gasteiger partial charge in [0.1, 0.15) is 0 Å². The summed E-state index contributed by atoms with van der Waals surface area (Å²) in [6, 6.07) is 0. The summed E-state index contributed by atoms with van der Waals surface area (Å²) in [6.07, 6.45) is 3.75. The average molecular weight is 150 g/mol. The third kappa shape index (κ3) is 2.02. The van der Waals surface area contributed by atoms with Crippen molar-refractivity contribution in [2.24, 2.45) is 4.99 Å². The molecule has 1 aliphatic heterocycles. The lowest BCUT2D eigenvalue weighted by Gasteiger charge is -2.00. The molecule has 1 aliphatic rings. The topological polar surface area (TPSA) is 15.6 Å². The Balaban J connectivity index is 2.67. The SMILES string of the molecule is C=C1CN(C)CC1=N/C=C\C. The van der Waals surface area contributed by atoms with Crippen LogP contribution in [0.1, 0.15) is 6.92 Å². The van der Waals surface area contributed by atoms with Crippen LogP contribution in [-0.2, 0) is 0 Å². The first kappa shape index (κ1) is 8.21. The van der Waals surface area contributed by atoms with E-state index in [9.17, 15) is 0 Å². The van der Waals surface area contributed by atoms with Gasteiger partial charge in [-0.2, -0.15) is 0 Å². The fraction of sp³-hybridized carbons (Fsp3) is 0.444. The Morgan fingerprint density at radius 2 is 2.27 bits per heavy atom. The zero-order valence-electron chi connectivity index (χ0n) is 7.17. The maximum atomic E-state index is 4.27. The molecule has 1 saturated heterocycles. The number of likely N-dealkylation sites (N-methyl/N-ethyl adjacent to an activating group) is 1. The molecule has 0 saturated carbocycles. The maximum Gasteiger partial charge on any atom is 0.0582 e. The van der Waals surface area contributed by atoms with Gasteiger partial charge < -0.3 is 0 Å². The summed E-state index contributed by atoms with van der Waals surface area (Å²) in [6.45, 7) is 7.78. The summed E-state index contributed by atoms with van der Waals surface area (Å²) in [5.74, 6) is 0. The molecule has 60 valence electrons. The Morgan fingerprint density at radius 1 is 1.55 bits per heavy atom. The molecule has 1 fully saturated rings. The monoisotopic (exact) mass is 150 g/mol.